The molecule has 0 saturated heterocycles. The standard InChI is InChI=1S/C16H21FN4/c1-4-5-13-15(18)20-9-21-16(13)19-8-12-6-10(2)14(17)11(3)7-12/h6-7,9H,4-5,8H2,1-3H3,(H3,18,19,20,21). The maximum absolute atomic E-state index is 13.6. The highest BCUT2D eigenvalue weighted by Crippen LogP contribution is 2.21. The predicted octanol–water partition coefficient (Wildman–Crippen LogP) is 3.38. The molecule has 0 radical (unpaired) electrons. The fourth-order valence-electron chi connectivity index (χ4n) is 2.40. The third-order valence-corrected chi connectivity index (χ3v) is 3.43. The third-order valence-electron chi connectivity index (χ3n) is 3.43. The van der Waals surface area contributed by atoms with Gasteiger partial charge in [0.1, 0.15) is 23.8 Å². The van der Waals surface area contributed by atoms with Gasteiger partial charge in [0.25, 0.3) is 0 Å². The van der Waals surface area contributed by atoms with Crippen LogP contribution in [0, 0.1) is 19.7 Å². The second-order valence-electron chi connectivity index (χ2n) is 5.23. The zero-order valence-corrected chi connectivity index (χ0v) is 12.7. The lowest BCUT2D eigenvalue weighted by molar-refractivity contribution is 0.608. The van der Waals surface area contributed by atoms with E-state index < -0.39 is 0 Å². The van der Waals surface area contributed by atoms with Gasteiger partial charge in [0.05, 0.1) is 0 Å². The van der Waals surface area contributed by atoms with Gasteiger partial charge in [-0.25, -0.2) is 14.4 Å². The maximum Gasteiger partial charge on any atom is 0.134 e. The van der Waals surface area contributed by atoms with Crippen molar-refractivity contribution in [1.82, 2.24) is 9.97 Å². The van der Waals surface area contributed by atoms with Crippen LogP contribution in [0.15, 0.2) is 18.5 Å². The van der Waals surface area contributed by atoms with E-state index >= 15 is 0 Å². The molecular formula is C16H21FN4. The van der Waals surface area contributed by atoms with Crippen LogP contribution < -0.4 is 11.1 Å². The van der Waals surface area contributed by atoms with Crippen molar-refractivity contribution in [1.29, 1.82) is 0 Å². The number of nitrogen functional groups attached to an aromatic ring is 1. The van der Waals surface area contributed by atoms with Crippen LogP contribution in [0.4, 0.5) is 16.0 Å². The number of rotatable bonds is 5. The second kappa shape index (κ2) is 6.52. The number of aryl methyl sites for hydroxylation is 2. The van der Waals surface area contributed by atoms with Crippen LogP contribution >= 0.6 is 0 Å². The van der Waals surface area contributed by atoms with Crippen LogP contribution in [0.25, 0.3) is 0 Å². The molecule has 0 bridgehead atoms. The van der Waals surface area contributed by atoms with Gasteiger partial charge in [-0.05, 0) is 37.0 Å². The van der Waals surface area contributed by atoms with Crippen molar-refractivity contribution in [2.45, 2.75) is 40.2 Å². The largest absolute Gasteiger partial charge is 0.383 e. The Labute approximate surface area is 124 Å². The van der Waals surface area contributed by atoms with Gasteiger partial charge >= 0.3 is 0 Å². The van der Waals surface area contributed by atoms with Gasteiger partial charge in [0.2, 0.25) is 0 Å². The van der Waals surface area contributed by atoms with E-state index in [0.29, 0.717) is 23.5 Å². The third kappa shape index (κ3) is 3.48. The molecule has 0 atom stereocenters. The van der Waals surface area contributed by atoms with Crippen LogP contribution in [0.3, 0.4) is 0 Å². The molecule has 4 nitrogen and oxygen atoms in total. The molecule has 1 heterocycles. The van der Waals surface area contributed by atoms with Crippen LogP contribution in [0.1, 0.15) is 35.6 Å². The highest BCUT2D eigenvalue weighted by molar-refractivity contribution is 5.55. The Hall–Kier alpha value is -2.17. The number of benzene rings is 1. The Balaban J connectivity index is 2.19. The summed E-state index contributed by atoms with van der Waals surface area (Å²) in [4.78, 5) is 8.29. The van der Waals surface area contributed by atoms with E-state index in [4.69, 9.17) is 5.73 Å². The fourth-order valence-corrected chi connectivity index (χ4v) is 2.40. The van der Waals surface area contributed by atoms with Gasteiger partial charge in [-0.1, -0.05) is 25.5 Å². The van der Waals surface area contributed by atoms with E-state index in [1.54, 1.807) is 13.8 Å². The molecular weight excluding hydrogens is 267 g/mol. The zero-order valence-electron chi connectivity index (χ0n) is 12.7. The molecule has 0 aliphatic carbocycles. The molecule has 1 aromatic carbocycles. The van der Waals surface area contributed by atoms with E-state index in [9.17, 15) is 4.39 Å². The predicted molar refractivity (Wildman–Crippen MR) is 83.6 cm³/mol. The molecule has 112 valence electrons. The molecule has 3 N–H and O–H groups in total. The van der Waals surface area contributed by atoms with Crippen LogP contribution in [0.5, 0.6) is 0 Å². The summed E-state index contributed by atoms with van der Waals surface area (Å²) in [5, 5.41) is 3.28. The van der Waals surface area contributed by atoms with E-state index in [2.05, 4.69) is 22.2 Å². The molecule has 0 aliphatic rings. The molecule has 0 saturated carbocycles. The summed E-state index contributed by atoms with van der Waals surface area (Å²) in [5.74, 6) is 1.13. The Morgan fingerprint density at radius 1 is 1.19 bits per heavy atom. The van der Waals surface area contributed by atoms with E-state index in [1.807, 2.05) is 12.1 Å². The molecule has 0 fully saturated rings. The summed E-state index contributed by atoms with van der Waals surface area (Å²) in [6, 6.07) is 3.69. The molecule has 0 aliphatic heterocycles. The van der Waals surface area contributed by atoms with E-state index in [-0.39, 0.29) is 5.82 Å². The summed E-state index contributed by atoms with van der Waals surface area (Å²) in [5.41, 5.74) is 9.17. The number of aromatic nitrogens is 2. The van der Waals surface area contributed by atoms with Crippen molar-refractivity contribution >= 4 is 11.6 Å². The number of nitrogens with one attached hydrogen (secondary N) is 1. The van der Waals surface area contributed by atoms with Crippen LogP contribution in [-0.4, -0.2) is 9.97 Å². The summed E-state index contributed by atoms with van der Waals surface area (Å²) >= 11 is 0. The first-order valence-electron chi connectivity index (χ1n) is 7.11. The lowest BCUT2D eigenvalue weighted by Gasteiger charge is -2.13. The Kier molecular flexibility index (Phi) is 4.73. The van der Waals surface area contributed by atoms with Crippen LogP contribution in [-0.2, 0) is 13.0 Å². The van der Waals surface area contributed by atoms with Crippen molar-refractivity contribution in [3.8, 4) is 0 Å². The smallest absolute Gasteiger partial charge is 0.134 e. The van der Waals surface area contributed by atoms with E-state index in [0.717, 1.165) is 29.8 Å². The highest BCUT2D eigenvalue weighted by atomic mass is 19.1. The summed E-state index contributed by atoms with van der Waals surface area (Å²) < 4.78 is 13.6. The number of halogens is 1. The van der Waals surface area contributed by atoms with Gasteiger partial charge in [0.15, 0.2) is 0 Å². The minimum absolute atomic E-state index is 0.142. The average molecular weight is 288 g/mol. The normalized spacial score (nSPS) is 10.7. The van der Waals surface area contributed by atoms with Crippen LogP contribution in [0.2, 0.25) is 0 Å². The van der Waals surface area contributed by atoms with Gasteiger partial charge in [-0.2, -0.15) is 0 Å². The fraction of sp³-hybridized carbons (Fsp3) is 0.375. The Morgan fingerprint density at radius 3 is 2.48 bits per heavy atom. The summed E-state index contributed by atoms with van der Waals surface area (Å²) in [6.45, 7) is 6.21. The molecule has 2 aromatic rings. The first-order chi connectivity index (χ1) is 10.0. The number of anilines is 2. The van der Waals surface area contributed by atoms with Gasteiger partial charge in [-0.3, -0.25) is 0 Å². The molecule has 0 amide bonds. The SMILES string of the molecule is CCCc1c(N)ncnc1NCc1cc(C)c(F)c(C)c1. The van der Waals surface area contributed by atoms with Gasteiger partial charge in [0, 0.05) is 12.1 Å². The second-order valence-corrected chi connectivity index (χ2v) is 5.23. The molecule has 2 rings (SSSR count). The summed E-state index contributed by atoms with van der Waals surface area (Å²) in [6.07, 6.45) is 3.26. The number of nitrogens with zero attached hydrogens (tertiary/aromatic N) is 2. The molecule has 21 heavy (non-hydrogen) atoms. The Morgan fingerprint density at radius 2 is 1.86 bits per heavy atom. The van der Waals surface area contributed by atoms with Crippen molar-refractivity contribution in [2.75, 3.05) is 11.1 Å². The minimum atomic E-state index is -0.142. The Bertz CT molecular complexity index is 617. The number of hydrogen-bond acceptors (Lipinski definition) is 4. The topological polar surface area (TPSA) is 63.8 Å². The minimum Gasteiger partial charge on any atom is -0.383 e. The molecule has 1 aromatic heterocycles. The number of hydrogen-bond donors (Lipinski definition) is 2. The van der Waals surface area contributed by atoms with Crippen molar-refractivity contribution < 1.29 is 4.39 Å². The average Bonchev–Trinajstić information content (AvgIpc) is 2.45. The summed E-state index contributed by atoms with van der Waals surface area (Å²) in [7, 11) is 0. The molecule has 5 heteroatoms. The highest BCUT2D eigenvalue weighted by Gasteiger charge is 2.09. The lowest BCUT2D eigenvalue weighted by atomic mass is 10.1. The monoisotopic (exact) mass is 288 g/mol. The van der Waals surface area contributed by atoms with Gasteiger partial charge < -0.3 is 11.1 Å². The van der Waals surface area contributed by atoms with Crippen molar-refractivity contribution in [2.24, 2.45) is 0 Å². The van der Waals surface area contributed by atoms with E-state index in [1.165, 1.54) is 6.33 Å². The molecule has 0 unspecified atom stereocenters. The quantitative estimate of drug-likeness (QED) is 0.885. The lowest BCUT2D eigenvalue weighted by Crippen LogP contribution is -2.09. The maximum atomic E-state index is 13.6. The molecule has 0 spiro atoms. The number of nitrogens with two attached hydrogens (primary N) is 1. The van der Waals surface area contributed by atoms with Crippen molar-refractivity contribution in [3.05, 3.63) is 46.5 Å². The van der Waals surface area contributed by atoms with Crippen molar-refractivity contribution in [3.63, 3.8) is 0 Å². The first kappa shape index (κ1) is 15.2. The van der Waals surface area contributed by atoms with Gasteiger partial charge in [-0.15, -0.1) is 0 Å². The first-order valence-corrected chi connectivity index (χ1v) is 7.11. The zero-order chi connectivity index (χ0) is 15.4.